The summed E-state index contributed by atoms with van der Waals surface area (Å²) >= 11 is 12.6. The van der Waals surface area contributed by atoms with Gasteiger partial charge in [0.05, 0.1) is 34.2 Å². The molecule has 2 aromatic carbocycles. The molecule has 3 aliphatic heterocycles. The summed E-state index contributed by atoms with van der Waals surface area (Å²) in [5.41, 5.74) is 3.60. The minimum absolute atomic E-state index is 0.124. The van der Waals surface area contributed by atoms with Crippen LogP contribution in [0, 0.1) is 11.3 Å². The molecule has 11 nitrogen and oxygen atoms in total. The Labute approximate surface area is 320 Å². The molecule has 280 valence electrons. The number of halogens is 2. The van der Waals surface area contributed by atoms with E-state index < -0.39 is 5.60 Å². The number of imidazole rings is 1. The molecule has 13 heteroatoms. The maximum absolute atomic E-state index is 14.3. The average Bonchev–Trinajstić information content (AvgIpc) is 3.85. The second-order valence-corrected chi connectivity index (χ2v) is 17.1. The highest BCUT2D eigenvalue weighted by atomic mass is 35.5. The molecular formula is C40H46Cl2N6O5. The van der Waals surface area contributed by atoms with E-state index >= 15 is 0 Å². The van der Waals surface area contributed by atoms with Crippen molar-refractivity contribution in [3.8, 4) is 0 Å². The number of piperidine rings is 1. The maximum Gasteiger partial charge on any atom is 0.410 e. The number of carbonyl (C=O) groups excluding carboxylic acids is 3. The molecule has 3 aromatic rings. The number of fused-ring (bicyclic) bond motifs is 4. The Morgan fingerprint density at radius 1 is 0.943 bits per heavy atom. The van der Waals surface area contributed by atoms with Gasteiger partial charge in [0.1, 0.15) is 23.2 Å². The molecule has 1 saturated heterocycles. The van der Waals surface area contributed by atoms with Gasteiger partial charge in [-0.2, -0.15) is 0 Å². The van der Waals surface area contributed by atoms with Gasteiger partial charge < -0.3 is 29.3 Å². The summed E-state index contributed by atoms with van der Waals surface area (Å²) in [7, 11) is 0. The zero-order valence-corrected chi connectivity index (χ0v) is 32.1. The molecule has 4 heterocycles. The Morgan fingerprint density at radius 2 is 1.70 bits per heavy atom. The predicted molar refractivity (Wildman–Crippen MR) is 201 cm³/mol. The van der Waals surface area contributed by atoms with Crippen LogP contribution in [0.3, 0.4) is 0 Å². The second kappa shape index (κ2) is 13.6. The predicted octanol–water partition coefficient (Wildman–Crippen LogP) is 7.67. The van der Waals surface area contributed by atoms with Crippen LogP contribution in [-0.4, -0.2) is 74.3 Å². The minimum Gasteiger partial charge on any atom is -0.444 e. The molecule has 2 fully saturated rings. The monoisotopic (exact) mass is 760 g/mol. The number of benzene rings is 2. The van der Waals surface area contributed by atoms with Crippen LogP contribution in [-0.2, 0) is 20.9 Å². The standard InChI is InChI=1S/C40H46Cl2N6O5/c1-23-35-43-22-31(36(49)44-30-12-10-25(26-7-5-6-8-27(26)30)24-9-11-28(41)29(42)21-24)48(35)20-19-47(23)37(50)34-33-32(53-45-34)13-14-40(33)15-17-46(18-16-40)38(51)52-39(2,3)4/h5-9,11,21-23,25,30,32-33H,10,12-20H2,1-4H3,(H,44,49)/t23?,25-,30+,32+,33-/m0/s1. The van der Waals surface area contributed by atoms with Crippen LogP contribution in [0.25, 0.3) is 0 Å². The Hall–Kier alpha value is -4.09. The van der Waals surface area contributed by atoms with Gasteiger partial charge in [0.15, 0.2) is 5.71 Å². The van der Waals surface area contributed by atoms with Gasteiger partial charge in [0.25, 0.3) is 11.8 Å². The highest BCUT2D eigenvalue weighted by Gasteiger charge is 2.58. The van der Waals surface area contributed by atoms with Crippen LogP contribution in [0.5, 0.6) is 0 Å². The van der Waals surface area contributed by atoms with Crippen LogP contribution in [0.2, 0.25) is 10.0 Å². The highest BCUT2D eigenvalue weighted by molar-refractivity contribution is 6.42. The van der Waals surface area contributed by atoms with E-state index in [0.29, 0.717) is 53.5 Å². The number of nitrogens with zero attached hydrogens (tertiary/aromatic N) is 5. The first-order chi connectivity index (χ1) is 25.3. The van der Waals surface area contributed by atoms with Gasteiger partial charge in [-0.05, 0) is 100 Å². The lowest BCUT2D eigenvalue weighted by atomic mass is 9.68. The van der Waals surface area contributed by atoms with Crippen molar-refractivity contribution in [2.24, 2.45) is 16.5 Å². The van der Waals surface area contributed by atoms with E-state index in [1.165, 1.54) is 5.56 Å². The number of ether oxygens (including phenoxy) is 1. The van der Waals surface area contributed by atoms with Crippen molar-refractivity contribution in [2.75, 3.05) is 19.6 Å². The van der Waals surface area contributed by atoms with Crippen molar-refractivity contribution in [1.82, 2.24) is 24.7 Å². The van der Waals surface area contributed by atoms with Gasteiger partial charge in [-0.25, -0.2) is 9.78 Å². The number of nitrogens with one attached hydrogen (secondary N) is 1. The molecule has 1 N–H and O–H groups in total. The number of amides is 3. The molecule has 0 radical (unpaired) electrons. The van der Waals surface area contributed by atoms with Crippen molar-refractivity contribution in [2.45, 2.75) is 102 Å². The fraction of sp³-hybridized carbons (Fsp3) is 0.525. The number of aromatic nitrogens is 2. The van der Waals surface area contributed by atoms with Gasteiger partial charge in [0, 0.05) is 32.1 Å². The molecule has 2 aliphatic carbocycles. The number of hydrogen-bond donors (Lipinski definition) is 1. The Morgan fingerprint density at radius 3 is 2.43 bits per heavy atom. The third kappa shape index (κ3) is 6.47. The number of carbonyl (C=O) groups is 3. The van der Waals surface area contributed by atoms with E-state index in [9.17, 15) is 14.4 Å². The van der Waals surface area contributed by atoms with Gasteiger partial charge in [-0.15, -0.1) is 0 Å². The van der Waals surface area contributed by atoms with E-state index in [0.717, 1.165) is 49.7 Å². The van der Waals surface area contributed by atoms with E-state index in [1.807, 2.05) is 67.5 Å². The zero-order valence-electron chi connectivity index (χ0n) is 30.6. The van der Waals surface area contributed by atoms with E-state index in [1.54, 1.807) is 11.1 Å². The number of oxime groups is 1. The van der Waals surface area contributed by atoms with Crippen LogP contribution in [0.4, 0.5) is 4.79 Å². The molecule has 1 saturated carbocycles. The molecule has 8 rings (SSSR count). The van der Waals surface area contributed by atoms with E-state index in [-0.39, 0.29) is 53.3 Å². The summed E-state index contributed by atoms with van der Waals surface area (Å²) in [5.74, 6) is 0.361. The zero-order chi connectivity index (χ0) is 37.2. The number of rotatable bonds is 4. The van der Waals surface area contributed by atoms with Gasteiger partial charge in [-0.3, -0.25) is 9.59 Å². The van der Waals surface area contributed by atoms with Crippen molar-refractivity contribution < 1.29 is 24.0 Å². The first-order valence-electron chi connectivity index (χ1n) is 18.8. The van der Waals surface area contributed by atoms with E-state index in [2.05, 4.69) is 27.6 Å². The molecule has 5 atom stereocenters. The Bertz CT molecular complexity index is 1980. The lowest BCUT2D eigenvalue weighted by molar-refractivity contribution is -0.127. The third-order valence-corrected chi connectivity index (χ3v) is 12.8. The molecule has 0 bridgehead atoms. The van der Waals surface area contributed by atoms with Crippen molar-refractivity contribution in [1.29, 1.82) is 0 Å². The summed E-state index contributed by atoms with van der Waals surface area (Å²) in [5, 5.41) is 8.76. The maximum atomic E-state index is 14.3. The van der Waals surface area contributed by atoms with E-state index in [4.69, 9.17) is 32.8 Å². The SMILES string of the molecule is CC1c2ncc(C(=O)N[C@@H]3CC[C@@H](c4ccc(Cl)c(Cl)c4)c4ccccc43)n2CCN1C(=O)C1=NO[C@@H]2CCC3(CCN(C(=O)OC(C)(C)C)CC3)[C@H]12. The highest BCUT2D eigenvalue weighted by Crippen LogP contribution is 2.54. The van der Waals surface area contributed by atoms with Crippen LogP contribution < -0.4 is 5.32 Å². The minimum atomic E-state index is -0.554. The topological polar surface area (TPSA) is 118 Å². The average molecular weight is 762 g/mol. The van der Waals surface area contributed by atoms with Crippen LogP contribution >= 0.6 is 23.2 Å². The molecule has 1 spiro atoms. The van der Waals surface area contributed by atoms with Crippen molar-refractivity contribution >= 4 is 46.8 Å². The fourth-order valence-corrected chi connectivity index (χ4v) is 9.76. The summed E-state index contributed by atoms with van der Waals surface area (Å²) < 4.78 is 7.57. The first-order valence-corrected chi connectivity index (χ1v) is 19.5. The summed E-state index contributed by atoms with van der Waals surface area (Å²) in [6.07, 6.45) is 6.10. The Kier molecular flexibility index (Phi) is 9.24. The van der Waals surface area contributed by atoms with Crippen molar-refractivity contribution in [3.05, 3.63) is 86.9 Å². The van der Waals surface area contributed by atoms with Crippen LogP contribution in [0.1, 0.15) is 117 Å². The fourth-order valence-electron chi connectivity index (χ4n) is 9.45. The lowest BCUT2D eigenvalue weighted by Crippen LogP contribution is -2.51. The number of likely N-dealkylation sites (tertiary alicyclic amines) is 1. The summed E-state index contributed by atoms with van der Waals surface area (Å²) in [6.45, 7) is 9.58. The lowest BCUT2D eigenvalue weighted by Gasteiger charge is -2.43. The number of hydrogen-bond acceptors (Lipinski definition) is 7. The van der Waals surface area contributed by atoms with Gasteiger partial charge in [-0.1, -0.05) is 58.7 Å². The molecule has 53 heavy (non-hydrogen) atoms. The summed E-state index contributed by atoms with van der Waals surface area (Å²) in [6, 6.07) is 13.5. The van der Waals surface area contributed by atoms with Crippen LogP contribution in [0.15, 0.2) is 53.8 Å². The Balaban J connectivity index is 0.946. The molecule has 1 aromatic heterocycles. The molecule has 5 aliphatic rings. The summed E-state index contributed by atoms with van der Waals surface area (Å²) in [4.78, 5) is 55.2. The quantitative estimate of drug-likeness (QED) is 0.292. The molecule has 3 amide bonds. The smallest absolute Gasteiger partial charge is 0.410 e. The largest absolute Gasteiger partial charge is 0.444 e. The van der Waals surface area contributed by atoms with Gasteiger partial charge in [0.2, 0.25) is 0 Å². The normalized spacial score (nSPS) is 25.9. The molecular weight excluding hydrogens is 715 g/mol. The third-order valence-electron chi connectivity index (χ3n) is 12.1. The second-order valence-electron chi connectivity index (χ2n) is 16.3. The van der Waals surface area contributed by atoms with Gasteiger partial charge >= 0.3 is 6.09 Å². The first kappa shape index (κ1) is 35.9. The molecule has 1 unspecified atom stereocenters. The van der Waals surface area contributed by atoms with Crippen molar-refractivity contribution in [3.63, 3.8) is 0 Å².